The number of halogens is 1. The topological polar surface area (TPSA) is 24.1 Å². The van der Waals surface area contributed by atoms with E-state index in [9.17, 15) is 4.39 Å². The standard InChI is InChI=1S/C13H15FN2/c1-4-13(9(2)15-10(3)16-13)11-5-7-12(14)8-6-11/h5-8,15-16H,2-4H2,1H3. The van der Waals surface area contributed by atoms with Crippen molar-refractivity contribution in [1.82, 2.24) is 10.6 Å². The van der Waals surface area contributed by atoms with Crippen LogP contribution < -0.4 is 10.6 Å². The van der Waals surface area contributed by atoms with Gasteiger partial charge in [0.1, 0.15) is 11.4 Å². The Morgan fingerprint density at radius 1 is 1.25 bits per heavy atom. The average Bonchev–Trinajstić information content (AvgIpc) is 2.55. The van der Waals surface area contributed by atoms with E-state index in [2.05, 4.69) is 30.7 Å². The second kappa shape index (κ2) is 3.67. The molecule has 1 atom stereocenters. The quantitative estimate of drug-likeness (QED) is 0.797. The molecule has 0 spiro atoms. The van der Waals surface area contributed by atoms with Gasteiger partial charge in [0.05, 0.1) is 5.82 Å². The number of hydrogen-bond acceptors (Lipinski definition) is 2. The summed E-state index contributed by atoms with van der Waals surface area (Å²) in [7, 11) is 0. The smallest absolute Gasteiger partial charge is 0.123 e. The van der Waals surface area contributed by atoms with Crippen LogP contribution in [0.4, 0.5) is 4.39 Å². The lowest BCUT2D eigenvalue weighted by Gasteiger charge is -2.29. The summed E-state index contributed by atoms with van der Waals surface area (Å²) in [5.74, 6) is 0.501. The molecule has 84 valence electrons. The Bertz CT molecular complexity index is 436. The molecule has 1 saturated heterocycles. The predicted molar refractivity (Wildman–Crippen MR) is 62.9 cm³/mol. The Morgan fingerprint density at radius 3 is 2.31 bits per heavy atom. The molecule has 1 unspecified atom stereocenters. The van der Waals surface area contributed by atoms with Crippen LogP contribution in [0.1, 0.15) is 18.9 Å². The summed E-state index contributed by atoms with van der Waals surface area (Å²) in [4.78, 5) is 0. The van der Waals surface area contributed by atoms with Crippen molar-refractivity contribution in [3.05, 3.63) is 60.3 Å². The molecule has 1 aliphatic heterocycles. The van der Waals surface area contributed by atoms with Crippen LogP contribution in [-0.4, -0.2) is 0 Å². The molecule has 0 bridgehead atoms. The Morgan fingerprint density at radius 2 is 1.88 bits per heavy atom. The van der Waals surface area contributed by atoms with E-state index in [-0.39, 0.29) is 11.4 Å². The zero-order chi connectivity index (χ0) is 11.8. The van der Waals surface area contributed by atoms with Gasteiger partial charge >= 0.3 is 0 Å². The lowest BCUT2D eigenvalue weighted by atomic mass is 9.86. The molecule has 0 aliphatic carbocycles. The fraction of sp³-hybridized carbons (Fsp3) is 0.231. The first-order valence-corrected chi connectivity index (χ1v) is 5.28. The molecule has 3 heteroatoms. The highest BCUT2D eigenvalue weighted by atomic mass is 19.1. The fourth-order valence-corrected chi connectivity index (χ4v) is 2.14. The van der Waals surface area contributed by atoms with E-state index < -0.39 is 0 Å². The summed E-state index contributed by atoms with van der Waals surface area (Å²) in [6, 6.07) is 6.47. The SMILES string of the molecule is C=C1NC(=C)C(CC)(c2ccc(F)cc2)N1. The molecular weight excluding hydrogens is 203 g/mol. The maximum absolute atomic E-state index is 12.9. The number of benzene rings is 1. The largest absolute Gasteiger partial charge is 0.357 e. The van der Waals surface area contributed by atoms with Crippen LogP contribution >= 0.6 is 0 Å². The van der Waals surface area contributed by atoms with Crippen molar-refractivity contribution in [1.29, 1.82) is 0 Å². The van der Waals surface area contributed by atoms with Crippen molar-refractivity contribution in [2.75, 3.05) is 0 Å². The lowest BCUT2D eigenvalue weighted by molar-refractivity contribution is 0.457. The Kier molecular flexibility index (Phi) is 2.46. The molecule has 1 heterocycles. The van der Waals surface area contributed by atoms with Gasteiger partial charge in [-0.05, 0) is 24.1 Å². The van der Waals surface area contributed by atoms with Gasteiger partial charge in [0.15, 0.2) is 0 Å². The number of rotatable bonds is 2. The maximum Gasteiger partial charge on any atom is 0.123 e. The van der Waals surface area contributed by atoms with E-state index >= 15 is 0 Å². The van der Waals surface area contributed by atoms with Crippen molar-refractivity contribution >= 4 is 0 Å². The minimum atomic E-state index is -0.370. The van der Waals surface area contributed by atoms with Gasteiger partial charge in [0.25, 0.3) is 0 Å². The van der Waals surface area contributed by atoms with Crippen LogP contribution in [0.5, 0.6) is 0 Å². The predicted octanol–water partition coefficient (Wildman–Crippen LogP) is 2.61. The second-order valence-electron chi connectivity index (χ2n) is 3.97. The zero-order valence-corrected chi connectivity index (χ0v) is 9.31. The van der Waals surface area contributed by atoms with Gasteiger partial charge in [-0.2, -0.15) is 0 Å². The highest BCUT2D eigenvalue weighted by Crippen LogP contribution is 2.35. The van der Waals surface area contributed by atoms with Gasteiger partial charge in [-0.25, -0.2) is 4.39 Å². The monoisotopic (exact) mass is 218 g/mol. The van der Waals surface area contributed by atoms with Gasteiger partial charge < -0.3 is 10.6 Å². The molecule has 1 aliphatic rings. The van der Waals surface area contributed by atoms with Crippen LogP contribution in [0.2, 0.25) is 0 Å². The van der Waals surface area contributed by atoms with Crippen LogP contribution in [0.15, 0.2) is 48.9 Å². The van der Waals surface area contributed by atoms with Crippen molar-refractivity contribution in [3.8, 4) is 0 Å². The number of nitrogens with one attached hydrogen (secondary N) is 2. The van der Waals surface area contributed by atoms with E-state index in [0.717, 1.165) is 23.5 Å². The zero-order valence-electron chi connectivity index (χ0n) is 9.31. The minimum absolute atomic E-state index is 0.231. The van der Waals surface area contributed by atoms with Crippen molar-refractivity contribution in [2.24, 2.45) is 0 Å². The Balaban J connectivity index is 2.46. The van der Waals surface area contributed by atoms with E-state index in [1.807, 2.05) is 0 Å². The van der Waals surface area contributed by atoms with Gasteiger partial charge in [0, 0.05) is 5.70 Å². The average molecular weight is 218 g/mol. The maximum atomic E-state index is 12.9. The summed E-state index contributed by atoms with van der Waals surface area (Å²) in [6.45, 7) is 9.89. The summed E-state index contributed by atoms with van der Waals surface area (Å²) in [5.41, 5.74) is 1.48. The van der Waals surface area contributed by atoms with E-state index in [1.54, 1.807) is 12.1 Å². The molecule has 2 nitrogen and oxygen atoms in total. The summed E-state index contributed by atoms with van der Waals surface area (Å²) in [5, 5.41) is 6.35. The van der Waals surface area contributed by atoms with Crippen molar-refractivity contribution in [2.45, 2.75) is 18.9 Å². The molecule has 1 aromatic carbocycles. The molecule has 1 aromatic rings. The lowest BCUT2D eigenvalue weighted by Crippen LogP contribution is -2.36. The molecule has 0 amide bonds. The molecule has 2 N–H and O–H groups in total. The molecular formula is C13H15FN2. The third-order valence-electron chi connectivity index (χ3n) is 3.05. The Labute approximate surface area is 94.9 Å². The van der Waals surface area contributed by atoms with E-state index in [0.29, 0.717) is 0 Å². The first kappa shape index (κ1) is 10.7. The van der Waals surface area contributed by atoms with E-state index in [4.69, 9.17) is 0 Å². The van der Waals surface area contributed by atoms with Gasteiger partial charge in [-0.1, -0.05) is 32.2 Å². The highest BCUT2D eigenvalue weighted by Gasteiger charge is 2.38. The molecule has 0 radical (unpaired) electrons. The Hall–Kier alpha value is -1.77. The van der Waals surface area contributed by atoms with Crippen LogP contribution in [-0.2, 0) is 5.54 Å². The van der Waals surface area contributed by atoms with E-state index in [1.165, 1.54) is 12.1 Å². The minimum Gasteiger partial charge on any atom is -0.357 e. The van der Waals surface area contributed by atoms with Crippen LogP contribution in [0.25, 0.3) is 0 Å². The second-order valence-corrected chi connectivity index (χ2v) is 3.97. The summed E-state index contributed by atoms with van der Waals surface area (Å²) < 4.78 is 12.9. The van der Waals surface area contributed by atoms with Crippen molar-refractivity contribution < 1.29 is 4.39 Å². The van der Waals surface area contributed by atoms with Gasteiger partial charge in [0.2, 0.25) is 0 Å². The first-order chi connectivity index (χ1) is 7.58. The molecule has 0 saturated carbocycles. The summed E-state index contributed by atoms with van der Waals surface area (Å²) in [6.07, 6.45) is 0.823. The summed E-state index contributed by atoms with van der Waals surface area (Å²) >= 11 is 0. The molecule has 1 fully saturated rings. The van der Waals surface area contributed by atoms with Crippen LogP contribution in [0.3, 0.4) is 0 Å². The molecule has 2 rings (SSSR count). The fourth-order valence-electron chi connectivity index (χ4n) is 2.14. The number of hydrogen-bond donors (Lipinski definition) is 2. The van der Waals surface area contributed by atoms with Gasteiger partial charge in [-0.3, -0.25) is 0 Å². The third-order valence-corrected chi connectivity index (χ3v) is 3.05. The highest BCUT2D eigenvalue weighted by molar-refractivity contribution is 5.39. The van der Waals surface area contributed by atoms with Gasteiger partial charge in [-0.15, -0.1) is 0 Å². The first-order valence-electron chi connectivity index (χ1n) is 5.28. The normalized spacial score (nSPS) is 24.1. The molecule has 0 aromatic heterocycles. The third kappa shape index (κ3) is 1.48. The van der Waals surface area contributed by atoms with Crippen molar-refractivity contribution in [3.63, 3.8) is 0 Å². The van der Waals surface area contributed by atoms with Crippen LogP contribution in [0, 0.1) is 5.82 Å². The molecule has 16 heavy (non-hydrogen) atoms.